The van der Waals surface area contributed by atoms with E-state index in [2.05, 4.69) is 26.1 Å². The molecule has 3 amide bonds. The average molecular weight is 746 g/mol. The van der Waals surface area contributed by atoms with Crippen molar-refractivity contribution in [2.24, 2.45) is 28.6 Å². The van der Waals surface area contributed by atoms with Gasteiger partial charge in [-0.3, -0.25) is 29.3 Å². The predicted molar refractivity (Wildman–Crippen MR) is 189 cm³/mol. The number of alkyl halides is 3. The van der Waals surface area contributed by atoms with Crippen LogP contribution >= 0.6 is 0 Å². The van der Waals surface area contributed by atoms with Crippen molar-refractivity contribution in [1.29, 1.82) is 0 Å². The van der Waals surface area contributed by atoms with Crippen molar-refractivity contribution in [3.8, 4) is 0 Å². The Hall–Kier alpha value is -4.10. The van der Waals surface area contributed by atoms with Crippen LogP contribution in [0.2, 0.25) is 0 Å². The van der Waals surface area contributed by atoms with Gasteiger partial charge in [-0.25, -0.2) is 9.69 Å². The number of nitrogens with zero attached hydrogens (tertiary/aromatic N) is 2. The number of anilines is 1. The van der Waals surface area contributed by atoms with Crippen LogP contribution in [0.5, 0.6) is 0 Å². The molecule has 0 radical (unpaired) electrons. The molecule has 6 rings (SSSR count). The quantitative estimate of drug-likeness (QED) is 0.0915. The zero-order valence-corrected chi connectivity index (χ0v) is 31.3. The van der Waals surface area contributed by atoms with Crippen LogP contribution in [-0.4, -0.2) is 45.5 Å². The summed E-state index contributed by atoms with van der Waals surface area (Å²) in [7, 11) is 0. The van der Waals surface area contributed by atoms with Crippen LogP contribution in [0, 0.1) is 38.7 Å². The number of carbonyl (C=O) groups is 5. The minimum atomic E-state index is -4.99. The van der Waals surface area contributed by atoms with E-state index in [0.29, 0.717) is 54.0 Å². The predicted octanol–water partition coefficient (Wildman–Crippen LogP) is 8.42. The highest BCUT2D eigenvalue weighted by molar-refractivity contribution is 6.23. The van der Waals surface area contributed by atoms with E-state index in [1.165, 1.54) is 19.4 Å². The molecule has 1 aromatic carbocycles. The Morgan fingerprint density at radius 2 is 1.68 bits per heavy atom. The van der Waals surface area contributed by atoms with Gasteiger partial charge in [-0.2, -0.15) is 13.2 Å². The van der Waals surface area contributed by atoms with Crippen molar-refractivity contribution in [1.82, 2.24) is 5.32 Å². The number of ether oxygens (including phenoxy) is 1. The Balaban J connectivity index is 0.000000217. The van der Waals surface area contributed by atoms with E-state index in [0.717, 1.165) is 63.9 Å². The summed E-state index contributed by atoms with van der Waals surface area (Å²) in [6, 6.07) is 1.06. The number of rotatable bonds is 8. The third-order valence-electron chi connectivity index (χ3n) is 13.0. The van der Waals surface area contributed by atoms with Gasteiger partial charge in [0.25, 0.3) is 11.6 Å². The van der Waals surface area contributed by atoms with Gasteiger partial charge in [0, 0.05) is 24.3 Å². The van der Waals surface area contributed by atoms with Crippen LogP contribution in [0.15, 0.2) is 29.8 Å². The molecule has 14 heteroatoms. The topological polar surface area (TPSA) is 153 Å². The molecule has 0 unspecified atom stereocenters. The number of unbranched alkanes of at least 4 members (excludes halogenated alkanes) is 2. The van der Waals surface area contributed by atoms with Crippen molar-refractivity contribution in [2.75, 3.05) is 4.90 Å². The second-order valence-corrected chi connectivity index (χ2v) is 16.4. The summed E-state index contributed by atoms with van der Waals surface area (Å²) < 4.78 is 44.9. The lowest BCUT2D eigenvalue weighted by Gasteiger charge is -2.59. The number of hydrogen-bond acceptors (Lipinski definition) is 8. The number of nitro groups is 1. The fraction of sp³-hybridized carbons (Fsp3) is 0.667. The number of benzene rings is 1. The molecule has 1 N–H and O–H groups in total. The van der Waals surface area contributed by atoms with Crippen LogP contribution in [0.4, 0.5) is 29.3 Å². The smallest absolute Gasteiger partial charge is 0.423 e. The van der Waals surface area contributed by atoms with Gasteiger partial charge in [-0.1, -0.05) is 39.2 Å². The highest BCUT2D eigenvalue weighted by Crippen LogP contribution is 2.68. The first-order valence-electron chi connectivity index (χ1n) is 18.6. The molecule has 5 aliphatic rings. The first-order chi connectivity index (χ1) is 24.6. The molecule has 0 spiro atoms. The molecule has 4 aliphatic carbocycles. The lowest BCUT2D eigenvalue weighted by atomic mass is 9.46. The number of nitrogens with one attached hydrogen (secondary N) is 1. The molecule has 1 heterocycles. The maximum absolute atomic E-state index is 13.1. The first-order valence-corrected chi connectivity index (χ1v) is 18.6. The Bertz CT molecular complexity index is 1740. The molecule has 1 aromatic rings. The lowest BCUT2D eigenvalue weighted by molar-refractivity contribution is -0.388. The van der Waals surface area contributed by atoms with Crippen LogP contribution < -0.4 is 10.2 Å². The zero-order chi connectivity index (χ0) is 39.3. The number of halogens is 3. The number of carbonyl (C=O) groups excluding carboxylic acids is 5. The Labute approximate surface area is 307 Å². The van der Waals surface area contributed by atoms with Gasteiger partial charge in [0.1, 0.15) is 11.1 Å². The normalized spacial score (nSPS) is 31.6. The fourth-order valence-corrected chi connectivity index (χ4v) is 10.2. The van der Waals surface area contributed by atoms with Gasteiger partial charge in [-0.15, -0.1) is 0 Å². The summed E-state index contributed by atoms with van der Waals surface area (Å²) >= 11 is 0. The summed E-state index contributed by atoms with van der Waals surface area (Å²) in [5, 5.41) is 13.0. The minimum Gasteiger partial charge on any atom is -0.450 e. The summed E-state index contributed by atoms with van der Waals surface area (Å²) in [4.78, 5) is 71.7. The second kappa shape index (κ2) is 14.3. The number of nitro benzene ring substituents is 1. The molecule has 53 heavy (non-hydrogen) atoms. The molecule has 4 fully saturated rings. The summed E-state index contributed by atoms with van der Waals surface area (Å²) in [5.74, 6) is 0.910. The average Bonchev–Trinajstić information content (AvgIpc) is 3.48. The van der Waals surface area contributed by atoms with Gasteiger partial charge in [0.2, 0.25) is 0 Å². The number of fused-ring (bicyclic) bond motifs is 5. The fourth-order valence-electron chi connectivity index (χ4n) is 10.2. The van der Waals surface area contributed by atoms with E-state index in [-0.39, 0.29) is 34.1 Å². The summed E-state index contributed by atoms with van der Waals surface area (Å²) in [6.07, 6.45) is 7.63. The number of hydrogen-bond donors (Lipinski definition) is 1. The van der Waals surface area contributed by atoms with Gasteiger partial charge in [0.15, 0.2) is 17.2 Å². The Morgan fingerprint density at radius 1 is 1.00 bits per heavy atom. The van der Waals surface area contributed by atoms with Gasteiger partial charge < -0.3 is 10.1 Å². The molecule has 3 saturated carbocycles. The SMILES string of the molecule is CC1(C)NC(=O)N(c2ccc([N+](=O)[O-])c(C(F)(F)F)c2)C1=O.CCCCCC(=O)O[C@]1(C(C)=O)CC[C@H]2[C@@H]3CCC4=CC(=O)CC[C@]4(C)[C@H]3CC[C@@]21C. The zero-order valence-electron chi connectivity index (χ0n) is 31.3. The molecular weight excluding hydrogens is 695 g/mol. The Morgan fingerprint density at radius 3 is 2.26 bits per heavy atom. The Kier molecular flexibility index (Phi) is 10.8. The third kappa shape index (κ3) is 7.02. The number of esters is 1. The number of imide groups is 1. The summed E-state index contributed by atoms with van der Waals surface area (Å²) in [5.41, 5.74) is -4.07. The number of urea groups is 1. The second-order valence-electron chi connectivity index (χ2n) is 16.4. The minimum absolute atomic E-state index is 0.0330. The van der Waals surface area contributed by atoms with Gasteiger partial charge in [0.05, 0.1) is 10.6 Å². The number of ketones is 2. The van der Waals surface area contributed by atoms with E-state index in [1.54, 1.807) is 6.92 Å². The van der Waals surface area contributed by atoms with Gasteiger partial charge in [-0.05, 0) is 114 Å². The third-order valence-corrected chi connectivity index (χ3v) is 13.0. The molecule has 0 bridgehead atoms. The van der Waals surface area contributed by atoms with E-state index in [4.69, 9.17) is 4.74 Å². The number of Topliss-reactive ketones (excluding diaryl/α,β-unsaturated/α-hetero) is 1. The molecule has 6 atom stereocenters. The maximum atomic E-state index is 13.1. The maximum Gasteiger partial charge on any atom is 0.423 e. The van der Waals surface area contributed by atoms with E-state index >= 15 is 0 Å². The molecule has 11 nitrogen and oxygen atoms in total. The number of allylic oxidation sites excluding steroid dienone is 1. The molecule has 1 saturated heterocycles. The molecule has 1 aliphatic heterocycles. The van der Waals surface area contributed by atoms with Crippen LogP contribution in [-0.2, 0) is 30.1 Å². The highest BCUT2D eigenvalue weighted by atomic mass is 19.4. The molecular formula is C39H50F3N3O8. The summed E-state index contributed by atoms with van der Waals surface area (Å²) in [6.45, 7) is 11.2. The lowest BCUT2D eigenvalue weighted by Crippen LogP contribution is -2.58. The number of amides is 3. The first kappa shape index (κ1) is 40.1. The standard InChI is InChI=1S/C27H40O4.C12H10F3N3O4/c1-5-6-7-8-24(30)31-27(18(2)28)16-13-23-21-10-9-19-17-20(29)11-14-25(19,3)22(21)12-15-26(23,27)4;1-11(2)9(19)17(10(20)16-11)6-3-4-8(18(21)22)7(5-6)12(13,14)15/h17,21-23H,5-16H2,1-4H3;3-5H,1-2H3,(H,16,20)/t21-,22+,23+,25+,26+,27+;/m1./s1. The molecule has 0 aromatic heterocycles. The van der Waals surface area contributed by atoms with Crippen LogP contribution in [0.25, 0.3) is 0 Å². The largest absolute Gasteiger partial charge is 0.450 e. The van der Waals surface area contributed by atoms with Crippen molar-refractivity contribution < 1.29 is 46.8 Å². The van der Waals surface area contributed by atoms with E-state index < -0.39 is 45.4 Å². The van der Waals surface area contributed by atoms with E-state index in [9.17, 15) is 47.3 Å². The molecule has 290 valence electrons. The van der Waals surface area contributed by atoms with Crippen molar-refractivity contribution in [3.63, 3.8) is 0 Å². The van der Waals surface area contributed by atoms with Crippen LogP contribution in [0.1, 0.15) is 124 Å². The van der Waals surface area contributed by atoms with Crippen molar-refractivity contribution >= 4 is 40.8 Å². The monoisotopic (exact) mass is 745 g/mol. The van der Waals surface area contributed by atoms with Crippen molar-refractivity contribution in [3.05, 3.63) is 45.5 Å². The van der Waals surface area contributed by atoms with Gasteiger partial charge >= 0.3 is 18.2 Å². The van der Waals surface area contributed by atoms with E-state index in [1.807, 2.05) is 6.08 Å². The highest BCUT2D eigenvalue weighted by Gasteiger charge is 2.68. The van der Waals surface area contributed by atoms with Crippen molar-refractivity contribution in [2.45, 2.75) is 136 Å². The van der Waals surface area contributed by atoms with Crippen LogP contribution in [0.3, 0.4) is 0 Å².